The molecular formula is C10H6I2N2S. The highest BCUT2D eigenvalue weighted by Gasteiger charge is 2.16. The third-order valence-electron chi connectivity index (χ3n) is 2.04. The maximum atomic E-state index is 4.40. The lowest BCUT2D eigenvalue weighted by molar-refractivity contribution is 1.38. The minimum Gasteiger partial charge on any atom is -0.172 e. The van der Waals surface area contributed by atoms with Crippen LogP contribution in [0, 0.1) is 3.70 Å². The topological polar surface area (TPSA) is 25.8 Å². The molecule has 3 rings (SSSR count). The van der Waals surface area contributed by atoms with Crippen LogP contribution in [0.2, 0.25) is 0 Å². The van der Waals surface area contributed by atoms with Gasteiger partial charge in [0.2, 0.25) is 0 Å². The molecule has 2 aliphatic heterocycles. The lowest BCUT2D eigenvalue weighted by Gasteiger charge is -2.09. The van der Waals surface area contributed by atoms with Crippen LogP contribution in [0.3, 0.4) is 0 Å². The Morgan fingerprint density at radius 2 is 2.13 bits per heavy atom. The summed E-state index contributed by atoms with van der Waals surface area (Å²) in [7, 11) is 0. The van der Waals surface area contributed by atoms with Crippen LogP contribution in [0.4, 0.5) is 0 Å². The number of aromatic nitrogens is 2. The van der Waals surface area contributed by atoms with E-state index in [0.717, 1.165) is 5.69 Å². The fraction of sp³-hybridized carbons (Fsp3) is 0. The zero-order chi connectivity index (χ0) is 10.1. The average Bonchev–Trinajstić information content (AvgIpc) is 2.78. The van der Waals surface area contributed by atoms with Crippen LogP contribution in [-0.4, -0.2) is 16.8 Å². The van der Waals surface area contributed by atoms with E-state index in [1.807, 2.05) is 0 Å². The summed E-state index contributed by atoms with van der Waals surface area (Å²) in [6, 6.07) is 0. The quantitative estimate of drug-likeness (QED) is 0.628. The summed E-state index contributed by atoms with van der Waals surface area (Å²) in [5.74, 6) is 0. The molecule has 1 aromatic heterocycles. The van der Waals surface area contributed by atoms with Gasteiger partial charge in [-0.05, 0) is 35.9 Å². The number of hydrogen-bond acceptors (Lipinski definition) is 3. The van der Waals surface area contributed by atoms with Crippen molar-refractivity contribution in [2.45, 2.75) is 0 Å². The van der Waals surface area contributed by atoms with Gasteiger partial charge in [-0.2, -0.15) is 8.75 Å². The van der Waals surface area contributed by atoms with Crippen LogP contribution < -0.4 is 0 Å². The van der Waals surface area contributed by atoms with Gasteiger partial charge in [0.15, 0.2) is 0 Å². The average molecular weight is 440 g/mol. The molecule has 2 nitrogen and oxygen atoms in total. The van der Waals surface area contributed by atoms with Crippen LogP contribution in [0.1, 0.15) is 5.69 Å². The molecule has 0 atom stereocenters. The number of allylic oxidation sites excluding steroid dienone is 5. The van der Waals surface area contributed by atoms with E-state index in [2.05, 4.69) is 39.1 Å². The summed E-state index contributed by atoms with van der Waals surface area (Å²) in [5.41, 5.74) is 3.66. The molecule has 0 saturated heterocycles. The number of halogens is 2. The number of nitrogens with zero attached hydrogens (tertiary/aromatic N) is 2. The van der Waals surface area contributed by atoms with Crippen molar-refractivity contribution in [2.75, 3.05) is 0 Å². The molecule has 0 saturated carbocycles. The highest BCUT2D eigenvalue weighted by Crippen LogP contribution is 2.32. The highest BCUT2D eigenvalue weighted by atomic mass is 127. The second-order valence-electron chi connectivity index (χ2n) is 2.89. The number of fused-ring (bicyclic) bond motifs is 1. The predicted octanol–water partition coefficient (Wildman–Crippen LogP) is 3.10. The van der Waals surface area contributed by atoms with Gasteiger partial charge >= 0.3 is 0 Å². The number of rotatable bonds is 1. The molecule has 0 fully saturated rings. The van der Waals surface area contributed by atoms with Gasteiger partial charge in [-0.3, -0.25) is 0 Å². The summed E-state index contributed by atoms with van der Waals surface area (Å²) in [6.45, 7) is 0. The molecule has 3 heterocycles. The van der Waals surface area contributed by atoms with Gasteiger partial charge in [-0.15, -0.1) is 0 Å². The van der Waals surface area contributed by atoms with Gasteiger partial charge in [0.05, 0.1) is 11.7 Å². The molecule has 0 N–H and O–H groups in total. The van der Waals surface area contributed by atoms with Crippen LogP contribution in [0.15, 0.2) is 27.9 Å². The SMILES string of the molecule is C1=CC(C2=CC=Ic3nsnc32)=CC=I1. The van der Waals surface area contributed by atoms with Crippen molar-refractivity contribution in [3.8, 4) is 0 Å². The van der Waals surface area contributed by atoms with E-state index in [0.29, 0.717) is 0 Å². The molecule has 76 valence electrons. The smallest absolute Gasteiger partial charge is 0.137 e. The Morgan fingerprint density at radius 1 is 1.13 bits per heavy atom. The van der Waals surface area contributed by atoms with E-state index < -0.39 is 0 Å². The van der Waals surface area contributed by atoms with Crippen molar-refractivity contribution in [3.05, 3.63) is 37.3 Å². The van der Waals surface area contributed by atoms with Gasteiger partial charge in [0.1, 0.15) is 9.39 Å². The minimum absolute atomic E-state index is 0.0364. The molecule has 0 radical (unpaired) electrons. The first-order valence-electron chi connectivity index (χ1n) is 4.27. The fourth-order valence-electron chi connectivity index (χ4n) is 1.36. The van der Waals surface area contributed by atoms with Crippen LogP contribution in [0.25, 0.3) is 5.57 Å². The largest absolute Gasteiger partial charge is 0.172 e. The van der Waals surface area contributed by atoms with Crippen LogP contribution in [0.5, 0.6) is 0 Å². The Hall–Kier alpha value is -0.0200. The summed E-state index contributed by atoms with van der Waals surface area (Å²) in [6.07, 6.45) is 6.66. The van der Waals surface area contributed by atoms with E-state index in [4.69, 9.17) is 0 Å². The Kier molecular flexibility index (Phi) is 3.02. The Bertz CT molecular complexity index is 550. The van der Waals surface area contributed by atoms with E-state index in [1.54, 1.807) is 0 Å². The maximum Gasteiger partial charge on any atom is 0.137 e. The van der Waals surface area contributed by atoms with Gasteiger partial charge in [0.25, 0.3) is 0 Å². The summed E-state index contributed by atoms with van der Waals surface area (Å²) >= 11 is 1.46. The second kappa shape index (κ2) is 4.46. The van der Waals surface area contributed by atoms with Crippen molar-refractivity contribution in [2.24, 2.45) is 0 Å². The maximum absolute atomic E-state index is 4.40. The molecule has 0 amide bonds. The standard InChI is InChI=1S/C10H6I2N2S/c1-4-11-5-2-7(1)8-3-6-12-10-9(8)13-15-14-10/h1-6H. The Balaban J connectivity index is 2.12. The van der Waals surface area contributed by atoms with Gasteiger partial charge in [0, 0.05) is 5.57 Å². The molecule has 0 bridgehead atoms. The van der Waals surface area contributed by atoms with Crippen LogP contribution in [-0.2, 0) is 0 Å². The first kappa shape index (κ1) is 10.2. The summed E-state index contributed by atoms with van der Waals surface area (Å²) in [4.78, 5) is 0. The Morgan fingerprint density at radius 3 is 3.00 bits per heavy atom. The predicted molar refractivity (Wildman–Crippen MR) is 84.0 cm³/mol. The zero-order valence-electron chi connectivity index (χ0n) is 7.52. The molecule has 0 aliphatic carbocycles. The zero-order valence-corrected chi connectivity index (χ0v) is 12.7. The molecule has 5 heteroatoms. The van der Waals surface area contributed by atoms with Gasteiger partial charge in [-0.1, -0.05) is 41.5 Å². The van der Waals surface area contributed by atoms with Gasteiger partial charge in [-0.25, -0.2) is 0 Å². The molecule has 0 unspecified atom stereocenters. The van der Waals surface area contributed by atoms with Crippen molar-refractivity contribution in [1.82, 2.24) is 8.75 Å². The van der Waals surface area contributed by atoms with Crippen LogP contribution >= 0.6 is 53.2 Å². The fourth-order valence-corrected chi connectivity index (χ4v) is 5.65. The molecule has 0 aromatic carbocycles. The van der Waals surface area contributed by atoms with Crippen molar-refractivity contribution in [1.29, 1.82) is 0 Å². The van der Waals surface area contributed by atoms with E-state index in [1.165, 1.54) is 26.6 Å². The summed E-state index contributed by atoms with van der Waals surface area (Å²) in [5, 5.41) is 0. The lowest BCUT2D eigenvalue weighted by atomic mass is 10.0. The lowest BCUT2D eigenvalue weighted by Crippen LogP contribution is -1.96. The van der Waals surface area contributed by atoms with Crippen molar-refractivity contribution in [3.63, 3.8) is 0 Å². The van der Waals surface area contributed by atoms with E-state index in [-0.39, 0.29) is 41.5 Å². The van der Waals surface area contributed by atoms with Crippen molar-refractivity contribution < 1.29 is 0 Å². The first-order valence-corrected chi connectivity index (χ1v) is 9.82. The van der Waals surface area contributed by atoms with Gasteiger partial charge < -0.3 is 0 Å². The third-order valence-corrected chi connectivity index (χ3v) is 6.51. The summed E-state index contributed by atoms with van der Waals surface area (Å²) < 4.78 is 16.8. The monoisotopic (exact) mass is 440 g/mol. The van der Waals surface area contributed by atoms with Crippen molar-refractivity contribution >= 4 is 66.8 Å². The van der Waals surface area contributed by atoms with E-state index >= 15 is 0 Å². The molecular weight excluding hydrogens is 434 g/mol. The first-order chi connectivity index (χ1) is 7.45. The molecule has 2 aliphatic rings. The molecule has 1 aromatic rings. The number of hydrogen-bond donors (Lipinski definition) is 0. The normalized spacial score (nSPS) is 18.4. The molecule has 15 heavy (non-hydrogen) atoms. The van der Waals surface area contributed by atoms with E-state index in [9.17, 15) is 0 Å². The minimum atomic E-state index is -0.0364. The third kappa shape index (κ3) is 1.96. The Labute approximate surface area is 112 Å². The highest BCUT2D eigenvalue weighted by molar-refractivity contribution is 14.2. The second-order valence-corrected chi connectivity index (χ2v) is 7.94. The molecule has 0 spiro atoms.